The molecule has 100 valence electrons. The Morgan fingerprint density at radius 1 is 1.58 bits per heavy atom. The molecule has 0 aliphatic heterocycles. The highest BCUT2D eigenvalue weighted by Crippen LogP contribution is 2.27. The maximum absolute atomic E-state index is 11.2. The lowest BCUT2D eigenvalue weighted by Crippen LogP contribution is -2.11. The molecule has 1 aromatic rings. The quantitative estimate of drug-likeness (QED) is 0.384. The number of anilines is 1. The van der Waals surface area contributed by atoms with Gasteiger partial charge in [-0.2, -0.15) is 8.42 Å². The zero-order valence-corrected chi connectivity index (χ0v) is 10.7. The second-order valence-electron chi connectivity index (χ2n) is 3.38. The highest BCUT2D eigenvalue weighted by atomic mass is 32.2. The molecule has 0 aromatic heterocycles. The van der Waals surface area contributed by atoms with Crippen molar-refractivity contribution in [2.24, 2.45) is 4.52 Å². The summed E-state index contributed by atoms with van der Waals surface area (Å²) in [5, 5.41) is 2.38. The molecule has 0 spiro atoms. The molecule has 1 amide bonds. The molecule has 0 unspecified atom stereocenters. The van der Waals surface area contributed by atoms with Crippen molar-refractivity contribution in [2.45, 2.75) is 6.92 Å². The minimum absolute atomic E-state index is 0.126. The molecule has 0 heterocycles. The summed E-state index contributed by atoms with van der Waals surface area (Å²) in [7, 11) is -4.43. The van der Waals surface area contributed by atoms with Crippen molar-refractivity contribution in [2.75, 3.05) is 5.32 Å². The van der Waals surface area contributed by atoms with Crippen molar-refractivity contribution >= 4 is 21.9 Å². The first kappa shape index (κ1) is 14.6. The van der Waals surface area contributed by atoms with Crippen molar-refractivity contribution in [3.05, 3.63) is 46.9 Å². The normalized spacial score (nSPS) is 10.2. The number of nitrogens with zero attached hydrogens (tertiary/aromatic N) is 3. The zero-order chi connectivity index (χ0) is 14.5. The van der Waals surface area contributed by atoms with Gasteiger partial charge in [0.25, 0.3) is 0 Å². The van der Waals surface area contributed by atoms with Gasteiger partial charge in [0.2, 0.25) is 5.91 Å². The summed E-state index contributed by atoms with van der Waals surface area (Å²) in [4.78, 5) is 13.4. The summed E-state index contributed by atoms with van der Waals surface area (Å²) in [5.41, 5.74) is 8.99. The molecule has 1 aromatic carbocycles. The summed E-state index contributed by atoms with van der Waals surface area (Å²) in [6.07, 6.45) is 1.02. The Hall–Kier alpha value is -2.51. The molecule has 0 aliphatic carbocycles. The Kier molecular flexibility index (Phi) is 4.51. The van der Waals surface area contributed by atoms with Gasteiger partial charge in [0.15, 0.2) is 5.75 Å². The predicted molar refractivity (Wildman–Crippen MR) is 68.7 cm³/mol. The van der Waals surface area contributed by atoms with Gasteiger partial charge < -0.3 is 9.50 Å². The van der Waals surface area contributed by atoms with Crippen molar-refractivity contribution in [3.63, 3.8) is 0 Å². The number of aryl methyl sites for hydroxylation is 1. The van der Waals surface area contributed by atoms with Gasteiger partial charge in [-0.05, 0) is 36.2 Å². The van der Waals surface area contributed by atoms with Crippen LogP contribution in [0, 0.1) is 6.92 Å². The van der Waals surface area contributed by atoms with E-state index in [1.807, 2.05) is 0 Å². The summed E-state index contributed by atoms with van der Waals surface area (Å²) < 4.78 is 29.5. The van der Waals surface area contributed by atoms with Crippen LogP contribution in [0.25, 0.3) is 10.4 Å². The Bertz CT molecular complexity index is 662. The molecule has 0 saturated heterocycles. The average Bonchev–Trinajstić information content (AvgIpc) is 2.32. The summed E-state index contributed by atoms with van der Waals surface area (Å²) in [6.45, 7) is 5.02. The first-order valence-electron chi connectivity index (χ1n) is 4.93. The third-order valence-electron chi connectivity index (χ3n) is 1.91. The molecule has 0 bridgehead atoms. The van der Waals surface area contributed by atoms with Gasteiger partial charge in [-0.25, -0.2) is 0 Å². The lowest BCUT2D eigenvalue weighted by molar-refractivity contribution is -0.111. The van der Waals surface area contributed by atoms with Crippen molar-refractivity contribution in [3.8, 4) is 5.75 Å². The van der Waals surface area contributed by atoms with E-state index in [1.165, 1.54) is 12.1 Å². The molecule has 9 heteroatoms. The Labute approximate surface area is 109 Å². The minimum atomic E-state index is -4.43. The second kappa shape index (κ2) is 5.89. The van der Waals surface area contributed by atoms with Crippen LogP contribution in [0.4, 0.5) is 5.69 Å². The summed E-state index contributed by atoms with van der Waals surface area (Å²) in [6, 6.07) is 4.41. The average molecular weight is 282 g/mol. The SMILES string of the molecule is C=CC(=O)Nc1cc(C)ccc1OS(=O)(=O)N=[N+]=[N-]. The fourth-order valence-electron chi connectivity index (χ4n) is 1.17. The van der Waals surface area contributed by atoms with Crippen LogP contribution in [0.2, 0.25) is 0 Å². The Balaban J connectivity index is 3.17. The first-order valence-corrected chi connectivity index (χ1v) is 6.29. The number of nitrogens with one attached hydrogen (secondary N) is 1. The molecule has 19 heavy (non-hydrogen) atoms. The number of carbonyl (C=O) groups is 1. The van der Waals surface area contributed by atoms with Gasteiger partial charge >= 0.3 is 10.3 Å². The van der Waals surface area contributed by atoms with Gasteiger partial charge in [-0.1, -0.05) is 12.6 Å². The Morgan fingerprint density at radius 3 is 2.84 bits per heavy atom. The highest BCUT2D eigenvalue weighted by molar-refractivity contribution is 7.85. The number of carbonyl (C=O) groups excluding carboxylic acids is 1. The predicted octanol–water partition coefficient (Wildman–Crippen LogP) is 2.05. The van der Waals surface area contributed by atoms with Gasteiger partial charge in [0.05, 0.1) is 10.2 Å². The maximum Gasteiger partial charge on any atom is 0.403 e. The molecule has 0 saturated carbocycles. The van der Waals surface area contributed by atoms with Crippen molar-refractivity contribution in [1.82, 2.24) is 0 Å². The van der Waals surface area contributed by atoms with E-state index in [1.54, 1.807) is 13.0 Å². The van der Waals surface area contributed by atoms with Crippen LogP contribution in [0.3, 0.4) is 0 Å². The van der Waals surface area contributed by atoms with Crippen LogP contribution >= 0.6 is 0 Å². The highest BCUT2D eigenvalue weighted by Gasteiger charge is 2.14. The third-order valence-corrected chi connectivity index (χ3v) is 2.57. The fraction of sp³-hybridized carbons (Fsp3) is 0.100. The second-order valence-corrected chi connectivity index (χ2v) is 4.56. The molecule has 1 rings (SSSR count). The minimum Gasteiger partial charge on any atom is -0.374 e. The molecule has 8 nitrogen and oxygen atoms in total. The topological polar surface area (TPSA) is 121 Å². The van der Waals surface area contributed by atoms with Gasteiger partial charge in [-0.15, -0.1) is 0 Å². The molecule has 0 radical (unpaired) electrons. The fourth-order valence-corrected chi connectivity index (χ4v) is 1.67. The summed E-state index contributed by atoms with van der Waals surface area (Å²) in [5.74, 6) is -0.690. The summed E-state index contributed by atoms with van der Waals surface area (Å²) >= 11 is 0. The van der Waals surface area contributed by atoms with E-state index in [2.05, 4.69) is 25.5 Å². The van der Waals surface area contributed by atoms with Crippen LogP contribution in [-0.4, -0.2) is 14.3 Å². The third kappa shape index (κ3) is 4.34. The monoisotopic (exact) mass is 282 g/mol. The van der Waals surface area contributed by atoms with Crippen LogP contribution < -0.4 is 9.50 Å². The molecular formula is C10H10N4O4S. The van der Waals surface area contributed by atoms with Crippen LogP contribution in [0.15, 0.2) is 35.4 Å². The van der Waals surface area contributed by atoms with E-state index < -0.39 is 16.2 Å². The molecular weight excluding hydrogens is 272 g/mol. The lowest BCUT2D eigenvalue weighted by Gasteiger charge is -2.10. The number of azide groups is 1. The number of hydrogen-bond donors (Lipinski definition) is 1. The Morgan fingerprint density at radius 2 is 2.26 bits per heavy atom. The van der Waals surface area contributed by atoms with E-state index in [-0.39, 0.29) is 11.4 Å². The van der Waals surface area contributed by atoms with E-state index in [0.717, 1.165) is 11.6 Å². The van der Waals surface area contributed by atoms with Gasteiger partial charge in [-0.3, -0.25) is 4.79 Å². The standard InChI is InChI=1S/C10H10N4O4S/c1-3-10(15)12-8-6-7(2)4-5-9(8)18-19(16,17)14-13-11/h3-6H,1H2,2H3,(H,12,15). The number of rotatable bonds is 5. The van der Waals surface area contributed by atoms with E-state index in [0.29, 0.717) is 0 Å². The van der Waals surface area contributed by atoms with E-state index in [4.69, 9.17) is 5.53 Å². The largest absolute Gasteiger partial charge is 0.403 e. The van der Waals surface area contributed by atoms with Crippen LogP contribution in [-0.2, 0) is 15.1 Å². The van der Waals surface area contributed by atoms with Crippen LogP contribution in [0.1, 0.15) is 5.56 Å². The molecule has 0 aliphatic rings. The maximum atomic E-state index is 11.2. The molecule has 1 N–H and O–H groups in total. The van der Waals surface area contributed by atoms with Gasteiger partial charge in [0, 0.05) is 4.91 Å². The van der Waals surface area contributed by atoms with E-state index in [9.17, 15) is 13.2 Å². The van der Waals surface area contributed by atoms with Crippen molar-refractivity contribution < 1.29 is 17.4 Å². The lowest BCUT2D eigenvalue weighted by atomic mass is 10.2. The van der Waals surface area contributed by atoms with E-state index >= 15 is 0 Å². The van der Waals surface area contributed by atoms with Gasteiger partial charge in [0.1, 0.15) is 0 Å². The smallest absolute Gasteiger partial charge is 0.374 e. The van der Waals surface area contributed by atoms with Crippen molar-refractivity contribution in [1.29, 1.82) is 0 Å². The first-order chi connectivity index (χ1) is 8.88. The number of hydrogen-bond acceptors (Lipinski definition) is 4. The number of benzene rings is 1. The van der Waals surface area contributed by atoms with Crippen LogP contribution in [0.5, 0.6) is 5.75 Å². The molecule has 0 atom stereocenters. The zero-order valence-electron chi connectivity index (χ0n) is 9.90. The molecule has 0 fully saturated rings. The number of amides is 1.